The number of anilines is 1. The fourth-order valence-electron chi connectivity index (χ4n) is 4.34. The van der Waals surface area contributed by atoms with Crippen molar-refractivity contribution in [1.82, 2.24) is 19.2 Å². The van der Waals surface area contributed by atoms with Crippen molar-refractivity contribution in [2.45, 2.75) is 39.2 Å². The molecule has 1 aliphatic rings. The van der Waals surface area contributed by atoms with Crippen LogP contribution >= 0.6 is 0 Å². The molecule has 1 fully saturated rings. The van der Waals surface area contributed by atoms with E-state index in [0.717, 1.165) is 48.5 Å². The minimum atomic E-state index is -0.200. The quantitative estimate of drug-likeness (QED) is 0.496. The van der Waals surface area contributed by atoms with Crippen molar-refractivity contribution in [3.05, 3.63) is 76.1 Å². The Hall–Kier alpha value is -3.41. The molecule has 0 spiro atoms. The average molecular weight is 414 g/mol. The molecule has 31 heavy (non-hydrogen) atoms. The number of hydrogen-bond donors (Lipinski definition) is 0. The highest BCUT2D eigenvalue weighted by Gasteiger charge is 2.21. The molecule has 1 saturated heterocycles. The number of benzene rings is 2. The molecule has 6 nitrogen and oxygen atoms in total. The first-order valence-corrected chi connectivity index (χ1v) is 11.1. The van der Waals surface area contributed by atoms with Crippen LogP contribution in [0.3, 0.4) is 0 Å². The SMILES string of the molecule is Cc1ccc2c(c1)c(=O)nc1n(C/C=C/c3ccccc3)nc(N3CCCCCC3)n21. The lowest BCUT2D eigenvalue weighted by atomic mass is 10.2. The Morgan fingerprint density at radius 3 is 2.55 bits per heavy atom. The van der Waals surface area contributed by atoms with E-state index in [1.54, 1.807) is 0 Å². The monoisotopic (exact) mass is 413 g/mol. The van der Waals surface area contributed by atoms with Crippen molar-refractivity contribution in [2.75, 3.05) is 18.0 Å². The van der Waals surface area contributed by atoms with E-state index >= 15 is 0 Å². The molecule has 0 unspecified atom stereocenters. The highest BCUT2D eigenvalue weighted by Crippen LogP contribution is 2.23. The van der Waals surface area contributed by atoms with Gasteiger partial charge in [-0.05, 0) is 37.5 Å². The number of nitrogens with zero attached hydrogens (tertiary/aromatic N) is 5. The van der Waals surface area contributed by atoms with Gasteiger partial charge in [0, 0.05) is 13.1 Å². The maximum absolute atomic E-state index is 12.8. The van der Waals surface area contributed by atoms with Gasteiger partial charge >= 0.3 is 0 Å². The summed E-state index contributed by atoms with van der Waals surface area (Å²) in [6.45, 7) is 4.51. The van der Waals surface area contributed by atoms with Crippen LogP contribution in [0.2, 0.25) is 0 Å². The Balaban J connectivity index is 1.65. The minimum Gasteiger partial charge on any atom is -0.341 e. The molecule has 1 aliphatic heterocycles. The van der Waals surface area contributed by atoms with Gasteiger partial charge < -0.3 is 4.90 Å². The summed E-state index contributed by atoms with van der Waals surface area (Å²) < 4.78 is 3.91. The van der Waals surface area contributed by atoms with Gasteiger partial charge in [0.15, 0.2) is 0 Å². The molecule has 4 aromatic rings. The summed E-state index contributed by atoms with van der Waals surface area (Å²) in [6, 6.07) is 16.2. The van der Waals surface area contributed by atoms with Crippen LogP contribution in [0.15, 0.2) is 59.4 Å². The Kier molecular flexibility index (Phi) is 5.28. The van der Waals surface area contributed by atoms with E-state index in [1.807, 2.05) is 48.0 Å². The van der Waals surface area contributed by atoms with E-state index in [-0.39, 0.29) is 5.56 Å². The third-order valence-electron chi connectivity index (χ3n) is 5.94. The zero-order valence-electron chi connectivity index (χ0n) is 17.9. The molecule has 0 bridgehead atoms. The molecule has 0 atom stereocenters. The Morgan fingerprint density at radius 1 is 1.00 bits per heavy atom. The van der Waals surface area contributed by atoms with Gasteiger partial charge in [-0.15, -0.1) is 5.10 Å². The zero-order chi connectivity index (χ0) is 21.2. The second-order valence-electron chi connectivity index (χ2n) is 8.27. The molecule has 3 heterocycles. The standard InChI is InChI=1S/C25H27N5O/c1-19-13-14-22-21(18-19)23(31)26-24-29(17-9-12-20-10-5-4-6-11-20)27-25(30(22)24)28-15-7-2-3-8-16-28/h4-6,9-14,18H,2-3,7-8,15-17H2,1H3/b12-9+. The van der Waals surface area contributed by atoms with Crippen LogP contribution in [0.25, 0.3) is 22.8 Å². The van der Waals surface area contributed by atoms with E-state index in [9.17, 15) is 4.79 Å². The fraction of sp³-hybridized carbons (Fsp3) is 0.320. The molecule has 0 N–H and O–H groups in total. The number of hydrogen-bond acceptors (Lipinski definition) is 4. The van der Waals surface area contributed by atoms with Gasteiger partial charge in [-0.2, -0.15) is 4.98 Å². The van der Waals surface area contributed by atoms with Crippen LogP contribution in [0.4, 0.5) is 5.95 Å². The summed E-state index contributed by atoms with van der Waals surface area (Å²) in [4.78, 5) is 19.6. The molecule has 2 aromatic heterocycles. The van der Waals surface area contributed by atoms with Crippen LogP contribution in [0.5, 0.6) is 0 Å². The number of fused-ring (bicyclic) bond motifs is 3. The van der Waals surface area contributed by atoms with Crippen LogP contribution in [0, 0.1) is 6.92 Å². The summed E-state index contributed by atoms with van der Waals surface area (Å²) in [5, 5.41) is 5.60. The fourth-order valence-corrected chi connectivity index (χ4v) is 4.34. The molecule has 6 heteroatoms. The zero-order valence-corrected chi connectivity index (χ0v) is 17.9. The van der Waals surface area contributed by atoms with Crippen LogP contribution in [0.1, 0.15) is 36.8 Å². The minimum absolute atomic E-state index is 0.200. The summed E-state index contributed by atoms with van der Waals surface area (Å²) in [5.74, 6) is 1.48. The van der Waals surface area contributed by atoms with E-state index in [1.165, 1.54) is 12.8 Å². The smallest absolute Gasteiger partial charge is 0.282 e. The Bertz CT molecular complexity index is 1290. The largest absolute Gasteiger partial charge is 0.341 e. The molecule has 5 rings (SSSR count). The van der Waals surface area contributed by atoms with Gasteiger partial charge in [0.05, 0.1) is 17.4 Å². The maximum Gasteiger partial charge on any atom is 0.282 e. The first-order chi connectivity index (χ1) is 15.2. The Morgan fingerprint density at radius 2 is 1.77 bits per heavy atom. The first-order valence-electron chi connectivity index (χ1n) is 11.1. The predicted octanol–water partition coefficient (Wildman–Crippen LogP) is 4.45. The number of rotatable bonds is 4. The number of aromatic nitrogens is 4. The van der Waals surface area contributed by atoms with Crippen molar-refractivity contribution in [3.63, 3.8) is 0 Å². The van der Waals surface area contributed by atoms with Crippen molar-refractivity contribution in [3.8, 4) is 0 Å². The summed E-state index contributed by atoms with van der Waals surface area (Å²) in [5.41, 5.74) is 2.87. The van der Waals surface area contributed by atoms with E-state index in [4.69, 9.17) is 5.10 Å². The first kappa shape index (κ1) is 19.5. The second-order valence-corrected chi connectivity index (χ2v) is 8.27. The summed E-state index contributed by atoms with van der Waals surface area (Å²) in [7, 11) is 0. The van der Waals surface area contributed by atoms with Gasteiger partial charge in [0.25, 0.3) is 5.56 Å². The normalized spacial score (nSPS) is 15.2. The van der Waals surface area contributed by atoms with E-state index in [2.05, 4.69) is 38.6 Å². The van der Waals surface area contributed by atoms with Crippen molar-refractivity contribution in [2.24, 2.45) is 0 Å². The molecular weight excluding hydrogens is 386 g/mol. The second kappa shape index (κ2) is 8.38. The lowest BCUT2D eigenvalue weighted by Gasteiger charge is -2.20. The molecule has 158 valence electrons. The average Bonchev–Trinajstić information content (AvgIpc) is 2.95. The molecule has 2 aromatic carbocycles. The highest BCUT2D eigenvalue weighted by atomic mass is 16.1. The molecule has 0 saturated carbocycles. The molecular formula is C25H27N5O. The lowest BCUT2D eigenvalue weighted by molar-refractivity contribution is 0.697. The lowest BCUT2D eigenvalue weighted by Crippen LogP contribution is -2.26. The van der Waals surface area contributed by atoms with Crippen molar-refractivity contribution < 1.29 is 0 Å². The van der Waals surface area contributed by atoms with Crippen LogP contribution in [-0.2, 0) is 6.54 Å². The van der Waals surface area contributed by atoms with E-state index in [0.29, 0.717) is 17.7 Å². The maximum atomic E-state index is 12.8. The highest BCUT2D eigenvalue weighted by molar-refractivity contribution is 5.82. The topological polar surface area (TPSA) is 55.4 Å². The number of allylic oxidation sites excluding steroid dienone is 1. The van der Waals surface area contributed by atoms with Gasteiger partial charge in [-0.1, -0.05) is 67.0 Å². The van der Waals surface area contributed by atoms with E-state index < -0.39 is 0 Å². The summed E-state index contributed by atoms with van der Waals surface area (Å²) in [6.07, 6.45) is 8.97. The summed E-state index contributed by atoms with van der Waals surface area (Å²) >= 11 is 0. The van der Waals surface area contributed by atoms with Gasteiger partial charge in [0.1, 0.15) is 0 Å². The third kappa shape index (κ3) is 3.85. The third-order valence-corrected chi connectivity index (χ3v) is 5.94. The predicted molar refractivity (Wildman–Crippen MR) is 126 cm³/mol. The molecule has 0 aliphatic carbocycles. The van der Waals surface area contributed by atoms with Crippen LogP contribution < -0.4 is 10.5 Å². The molecule has 0 amide bonds. The van der Waals surface area contributed by atoms with Gasteiger partial charge in [0.2, 0.25) is 11.7 Å². The van der Waals surface area contributed by atoms with Crippen molar-refractivity contribution >= 4 is 28.7 Å². The molecule has 0 radical (unpaired) electrons. The van der Waals surface area contributed by atoms with Crippen LogP contribution in [-0.4, -0.2) is 32.3 Å². The Labute approximate surface area is 181 Å². The number of aryl methyl sites for hydroxylation is 1. The van der Waals surface area contributed by atoms with Gasteiger partial charge in [-0.25, -0.2) is 9.08 Å². The van der Waals surface area contributed by atoms with Gasteiger partial charge in [-0.3, -0.25) is 4.79 Å². The van der Waals surface area contributed by atoms with Crippen molar-refractivity contribution in [1.29, 1.82) is 0 Å².